The molecule has 2 aromatic rings. The summed E-state index contributed by atoms with van der Waals surface area (Å²) in [5.74, 6) is 2.75. The van der Waals surface area contributed by atoms with Crippen LogP contribution in [0.1, 0.15) is 18.1 Å². The van der Waals surface area contributed by atoms with E-state index < -0.39 is 0 Å². The Morgan fingerprint density at radius 2 is 1.46 bits per heavy atom. The second-order valence-corrected chi connectivity index (χ2v) is 5.74. The van der Waals surface area contributed by atoms with Gasteiger partial charge in [-0.15, -0.1) is 13.0 Å². The maximum atomic E-state index is 5.98. The van der Waals surface area contributed by atoms with Crippen molar-refractivity contribution in [1.29, 1.82) is 0 Å². The molecule has 2 rings (SSSR count). The van der Waals surface area contributed by atoms with Gasteiger partial charge in [-0.25, -0.2) is 0 Å². The van der Waals surface area contributed by atoms with Crippen LogP contribution >= 0.6 is 0 Å². The first kappa shape index (κ1) is 18.0. The molecule has 0 bridgehead atoms. The lowest BCUT2D eigenvalue weighted by Crippen LogP contribution is -2.31. The van der Waals surface area contributed by atoms with Crippen molar-refractivity contribution in [3.05, 3.63) is 84.4 Å². The Kier molecular flexibility index (Phi) is 7.29. The molecule has 2 nitrogen and oxygen atoms in total. The SMILES string of the molecule is C#C[C@H](OCc1ccccc1)[C@@H](C)[C@@H](C=C)OCc1ccccc1. The van der Waals surface area contributed by atoms with Gasteiger partial charge in [-0.1, -0.05) is 79.6 Å². The Morgan fingerprint density at radius 1 is 0.958 bits per heavy atom. The summed E-state index contributed by atoms with van der Waals surface area (Å²) < 4.78 is 11.9. The Morgan fingerprint density at radius 3 is 1.92 bits per heavy atom. The number of ether oxygens (including phenoxy) is 2. The van der Waals surface area contributed by atoms with Crippen LogP contribution in [0.4, 0.5) is 0 Å². The first-order chi connectivity index (χ1) is 11.7. The van der Waals surface area contributed by atoms with E-state index in [1.165, 1.54) is 0 Å². The van der Waals surface area contributed by atoms with Crippen molar-refractivity contribution in [2.45, 2.75) is 32.3 Å². The van der Waals surface area contributed by atoms with Gasteiger partial charge >= 0.3 is 0 Å². The van der Waals surface area contributed by atoms with Crippen LogP contribution < -0.4 is 0 Å². The quantitative estimate of drug-likeness (QED) is 0.496. The summed E-state index contributed by atoms with van der Waals surface area (Å²) in [5, 5.41) is 0. The van der Waals surface area contributed by atoms with Crippen LogP contribution in [0.25, 0.3) is 0 Å². The number of hydrogen-bond donors (Lipinski definition) is 0. The van der Waals surface area contributed by atoms with Gasteiger partial charge < -0.3 is 9.47 Å². The number of terminal acetylenes is 1. The zero-order valence-electron chi connectivity index (χ0n) is 14.1. The molecule has 0 heterocycles. The van der Waals surface area contributed by atoms with E-state index in [-0.39, 0.29) is 18.1 Å². The highest BCUT2D eigenvalue weighted by Crippen LogP contribution is 2.19. The third-order valence-corrected chi connectivity index (χ3v) is 3.95. The highest BCUT2D eigenvalue weighted by Gasteiger charge is 2.24. The van der Waals surface area contributed by atoms with Gasteiger partial charge in [0.1, 0.15) is 6.10 Å². The second kappa shape index (κ2) is 9.72. The van der Waals surface area contributed by atoms with E-state index in [1.807, 2.05) is 67.6 Å². The molecule has 0 saturated carbocycles. The van der Waals surface area contributed by atoms with Crippen LogP contribution in [0.2, 0.25) is 0 Å². The van der Waals surface area contributed by atoms with E-state index in [4.69, 9.17) is 15.9 Å². The average molecular weight is 320 g/mol. The molecule has 0 fully saturated rings. The molecule has 0 aliphatic heterocycles. The van der Waals surface area contributed by atoms with Crippen LogP contribution in [0.3, 0.4) is 0 Å². The number of rotatable bonds is 9. The number of hydrogen-bond acceptors (Lipinski definition) is 2. The summed E-state index contributed by atoms with van der Waals surface area (Å²) in [5.41, 5.74) is 2.23. The molecule has 3 atom stereocenters. The summed E-state index contributed by atoms with van der Waals surface area (Å²) in [6, 6.07) is 20.1. The molecule has 0 amide bonds. The average Bonchev–Trinajstić information content (AvgIpc) is 2.64. The van der Waals surface area contributed by atoms with Crippen LogP contribution in [-0.4, -0.2) is 12.2 Å². The largest absolute Gasteiger partial charge is 0.369 e. The molecule has 0 N–H and O–H groups in total. The van der Waals surface area contributed by atoms with Crippen molar-refractivity contribution in [2.75, 3.05) is 0 Å². The summed E-state index contributed by atoms with van der Waals surface area (Å²) in [6.45, 7) is 6.93. The van der Waals surface area contributed by atoms with E-state index in [1.54, 1.807) is 6.08 Å². The molecule has 2 heteroatoms. The van der Waals surface area contributed by atoms with Crippen molar-refractivity contribution in [2.24, 2.45) is 5.92 Å². The standard InChI is InChI=1S/C22H24O2/c1-4-21(23-16-19-12-8-6-9-13-19)18(3)22(5-2)24-17-20-14-10-7-11-15-20/h1,5-15,18,21-22H,2,16-17H2,3H3/t18-,21+,22-/m1/s1. The third kappa shape index (κ3) is 5.38. The molecule has 24 heavy (non-hydrogen) atoms. The van der Waals surface area contributed by atoms with Gasteiger partial charge in [-0.05, 0) is 11.1 Å². The normalized spacial score (nSPS) is 14.3. The summed E-state index contributed by atoms with van der Waals surface area (Å²) in [6.07, 6.45) is 6.97. The minimum absolute atomic E-state index is 0.0138. The Hall–Kier alpha value is -2.34. The fraction of sp³-hybridized carbons (Fsp3) is 0.273. The van der Waals surface area contributed by atoms with E-state index in [2.05, 4.69) is 12.5 Å². The molecular weight excluding hydrogens is 296 g/mol. The van der Waals surface area contributed by atoms with Gasteiger partial charge in [0.15, 0.2) is 0 Å². The molecule has 124 valence electrons. The first-order valence-corrected chi connectivity index (χ1v) is 8.14. The van der Waals surface area contributed by atoms with Crippen LogP contribution in [0.5, 0.6) is 0 Å². The molecule has 0 unspecified atom stereocenters. The minimum Gasteiger partial charge on any atom is -0.369 e. The van der Waals surface area contributed by atoms with Gasteiger partial charge in [0.05, 0.1) is 19.3 Å². The lowest BCUT2D eigenvalue weighted by molar-refractivity contribution is -0.0288. The third-order valence-electron chi connectivity index (χ3n) is 3.95. The van der Waals surface area contributed by atoms with E-state index >= 15 is 0 Å². The predicted octanol–water partition coefficient (Wildman–Crippen LogP) is 4.61. The van der Waals surface area contributed by atoms with Crippen LogP contribution in [0.15, 0.2) is 73.3 Å². The van der Waals surface area contributed by atoms with Gasteiger partial charge in [0.2, 0.25) is 0 Å². The number of benzene rings is 2. The molecule has 2 aromatic carbocycles. The van der Waals surface area contributed by atoms with Crippen LogP contribution in [-0.2, 0) is 22.7 Å². The van der Waals surface area contributed by atoms with Crippen molar-refractivity contribution in [3.8, 4) is 12.3 Å². The fourth-order valence-electron chi connectivity index (χ4n) is 2.49. The summed E-state index contributed by atoms with van der Waals surface area (Å²) in [4.78, 5) is 0. The van der Waals surface area contributed by atoms with Crippen molar-refractivity contribution in [3.63, 3.8) is 0 Å². The zero-order valence-corrected chi connectivity index (χ0v) is 14.1. The molecule has 0 aromatic heterocycles. The zero-order chi connectivity index (χ0) is 17.2. The highest BCUT2D eigenvalue weighted by atomic mass is 16.5. The Labute approximate surface area is 145 Å². The molecular formula is C22H24O2. The van der Waals surface area contributed by atoms with Crippen molar-refractivity contribution in [1.82, 2.24) is 0 Å². The van der Waals surface area contributed by atoms with Crippen LogP contribution in [0, 0.1) is 18.3 Å². The van der Waals surface area contributed by atoms with E-state index in [0.717, 1.165) is 11.1 Å². The maximum Gasteiger partial charge on any atom is 0.123 e. The van der Waals surface area contributed by atoms with Gasteiger partial charge in [0.25, 0.3) is 0 Å². The van der Waals surface area contributed by atoms with Crippen molar-refractivity contribution >= 4 is 0 Å². The molecule has 0 spiro atoms. The lowest BCUT2D eigenvalue weighted by atomic mass is 9.98. The Bertz CT molecular complexity index is 643. The lowest BCUT2D eigenvalue weighted by Gasteiger charge is -2.26. The summed E-state index contributed by atoms with van der Waals surface area (Å²) in [7, 11) is 0. The minimum atomic E-state index is -0.330. The van der Waals surface area contributed by atoms with Crippen molar-refractivity contribution < 1.29 is 9.47 Å². The molecule has 0 saturated heterocycles. The molecule has 0 radical (unpaired) electrons. The van der Waals surface area contributed by atoms with Gasteiger partial charge in [-0.2, -0.15) is 0 Å². The van der Waals surface area contributed by atoms with E-state index in [9.17, 15) is 0 Å². The molecule has 0 aliphatic rings. The topological polar surface area (TPSA) is 18.5 Å². The predicted molar refractivity (Wildman–Crippen MR) is 98.2 cm³/mol. The maximum absolute atomic E-state index is 5.98. The molecule has 0 aliphatic carbocycles. The fourth-order valence-corrected chi connectivity index (χ4v) is 2.49. The van der Waals surface area contributed by atoms with Gasteiger partial charge in [0, 0.05) is 5.92 Å². The second-order valence-electron chi connectivity index (χ2n) is 5.74. The highest BCUT2D eigenvalue weighted by molar-refractivity contribution is 5.15. The monoisotopic (exact) mass is 320 g/mol. The first-order valence-electron chi connectivity index (χ1n) is 8.14. The summed E-state index contributed by atoms with van der Waals surface area (Å²) >= 11 is 0. The van der Waals surface area contributed by atoms with E-state index in [0.29, 0.717) is 13.2 Å². The Balaban J connectivity index is 1.90. The smallest absolute Gasteiger partial charge is 0.123 e. The van der Waals surface area contributed by atoms with Gasteiger partial charge in [-0.3, -0.25) is 0 Å².